The van der Waals surface area contributed by atoms with Gasteiger partial charge in [-0.15, -0.1) is 0 Å². The third-order valence-electron chi connectivity index (χ3n) is 2.51. The van der Waals surface area contributed by atoms with E-state index in [1.165, 1.54) is 0 Å². The highest BCUT2D eigenvalue weighted by molar-refractivity contribution is 7.07. The first-order valence-electron chi connectivity index (χ1n) is 5.60. The lowest BCUT2D eigenvalue weighted by Crippen LogP contribution is -2.29. The number of aliphatic hydroxyl groups excluding tert-OH is 1. The van der Waals surface area contributed by atoms with Crippen LogP contribution in [0.2, 0.25) is 0 Å². The fraction of sp³-hybridized carbons (Fsp3) is 0.583. The minimum absolute atomic E-state index is 0.169. The zero-order chi connectivity index (χ0) is 11.8. The molecule has 3 nitrogen and oxygen atoms in total. The summed E-state index contributed by atoms with van der Waals surface area (Å²) in [6.07, 6.45) is 3.27. The second-order valence-corrected chi connectivity index (χ2v) is 4.69. The molecule has 0 aliphatic heterocycles. The van der Waals surface area contributed by atoms with Crippen molar-refractivity contribution in [3.8, 4) is 0 Å². The Hall–Kier alpha value is -0.870. The molecule has 0 unspecified atom stereocenters. The molecule has 1 aromatic rings. The van der Waals surface area contributed by atoms with Gasteiger partial charge in [0, 0.05) is 20.2 Å². The summed E-state index contributed by atoms with van der Waals surface area (Å²) in [6, 6.07) is 1.99. The molecule has 1 amide bonds. The highest BCUT2D eigenvalue weighted by Gasteiger charge is 2.09. The van der Waals surface area contributed by atoms with E-state index in [0.717, 1.165) is 31.4 Å². The summed E-state index contributed by atoms with van der Waals surface area (Å²) in [6.45, 7) is 1.02. The first kappa shape index (κ1) is 13.2. The lowest BCUT2D eigenvalue weighted by molar-refractivity contribution is -0.129. The molecule has 0 aromatic carbocycles. The molecule has 16 heavy (non-hydrogen) atoms. The summed E-state index contributed by atoms with van der Waals surface area (Å²) in [5.41, 5.74) is 1.09. The van der Waals surface area contributed by atoms with E-state index in [2.05, 4.69) is 0 Å². The van der Waals surface area contributed by atoms with Gasteiger partial charge in [0.15, 0.2) is 0 Å². The van der Waals surface area contributed by atoms with E-state index >= 15 is 0 Å². The maximum Gasteiger partial charge on any atom is 0.226 e. The van der Waals surface area contributed by atoms with E-state index in [1.54, 1.807) is 16.2 Å². The van der Waals surface area contributed by atoms with Crippen molar-refractivity contribution in [3.63, 3.8) is 0 Å². The molecule has 1 N–H and O–H groups in total. The Kier molecular flexibility index (Phi) is 6.11. The summed E-state index contributed by atoms with van der Waals surface area (Å²) < 4.78 is 0. The van der Waals surface area contributed by atoms with Gasteiger partial charge in [0.2, 0.25) is 5.91 Å². The largest absolute Gasteiger partial charge is 0.396 e. The summed E-state index contributed by atoms with van der Waals surface area (Å²) in [5, 5.41) is 12.6. The van der Waals surface area contributed by atoms with Crippen molar-refractivity contribution in [2.45, 2.75) is 25.7 Å². The van der Waals surface area contributed by atoms with Crippen molar-refractivity contribution in [2.24, 2.45) is 0 Å². The van der Waals surface area contributed by atoms with E-state index in [0.29, 0.717) is 6.42 Å². The molecule has 0 saturated heterocycles. The molecule has 0 aliphatic carbocycles. The Labute approximate surface area is 101 Å². The van der Waals surface area contributed by atoms with Crippen LogP contribution in [0.4, 0.5) is 0 Å². The zero-order valence-corrected chi connectivity index (χ0v) is 10.5. The van der Waals surface area contributed by atoms with Gasteiger partial charge in [-0.25, -0.2) is 0 Å². The molecule has 0 saturated carbocycles. The first-order valence-corrected chi connectivity index (χ1v) is 6.54. The molecule has 0 fully saturated rings. The molecule has 1 aromatic heterocycles. The van der Waals surface area contributed by atoms with Crippen LogP contribution in [0, 0.1) is 0 Å². The second kappa shape index (κ2) is 7.41. The Balaban J connectivity index is 2.20. The SMILES string of the molecule is CN(CCCCCO)C(=O)Cc1ccsc1. The van der Waals surface area contributed by atoms with Crippen molar-refractivity contribution in [1.82, 2.24) is 4.90 Å². The summed E-state index contributed by atoms with van der Waals surface area (Å²) in [4.78, 5) is 13.5. The number of unbranched alkanes of at least 4 members (excludes halogenated alkanes) is 2. The van der Waals surface area contributed by atoms with Crippen LogP contribution in [0.15, 0.2) is 16.8 Å². The number of hydrogen-bond acceptors (Lipinski definition) is 3. The molecule has 0 radical (unpaired) electrons. The quantitative estimate of drug-likeness (QED) is 0.741. The number of nitrogens with zero attached hydrogens (tertiary/aromatic N) is 1. The van der Waals surface area contributed by atoms with Crippen LogP contribution >= 0.6 is 11.3 Å². The second-order valence-electron chi connectivity index (χ2n) is 3.91. The van der Waals surface area contributed by atoms with E-state index < -0.39 is 0 Å². The summed E-state index contributed by atoms with van der Waals surface area (Å²) >= 11 is 1.62. The van der Waals surface area contributed by atoms with Crippen LogP contribution in [0.5, 0.6) is 0 Å². The summed E-state index contributed by atoms with van der Waals surface area (Å²) in [7, 11) is 1.84. The van der Waals surface area contributed by atoms with Crippen molar-refractivity contribution >= 4 is 17.2 Å². The Morgan fingerprint density at radius 3 is 2.88 bits per heavy atom. The van der Waals surface area contributed by atoms with Gasteiger partial charge in [-0.05, 0) is 41.7 Å². The number of rotatable bonds is 7. The third-order valence-corrected chi connectivity index (χ3v) is 3.24. The van der Waals surface area contributed by atoms with Gasteiger partial charge in [0.05, 0.1) is 6.42 Å². The Morgan fingerprint density at radius 2 is 2.25 bits per heavy atom. The molecular weight excluding hydrogens is 222 g/mol. The van der Waals surface area contributed by atoms with Gasteiger partial charge in [0.25, 0.3) is 0 Å². The van der Waals surface area contributed by atoms with Crippen LogP contribution in [0.1, 0.15) is 24.8 Å². The zero-order valence-electron chi connectivity index (χ0n) is 9.69. The van der Waals surface area contributed by atoms with Crippen molar-refractivity contribution < 1.29 is 9.90 Å². The highest BCUT2D eigenvalue weighted by Crippen LogP contribution is 2.08. The van der Waals surface area contributed by atoms with E-state index in [1.807, 2.05) is 23.9 Å². The van der Waals surface area contributed by atoms with Crippen molar-refractivity contribution in [3.05, 3.63) is 22.4 Å². The van der Waals surface area contributed by atoms with E-state index in [-0.39, 0.29) is 12.5 Å². The molecule has 1 heterocycles. The number of hydrogen-bond donors (Lipinski definition) is 1. The minimum atomic E-state index is 0.169. The molecule has 0 bridgehead atoms. The highest BCUT2D eigenvalue weighted by atomic mass is 32.1. The number of thiophene rings is 1. The Morgan fingerprint density at radius 1 is 1.44 bits per heavy atom. The number of aliphatic hydroxyl groups is 1. The topological polar surface area (TPSA) is 40.5 Å². The van der Waals surface area contributed by atoms with Crippen LogP contribution in [0.3, 0.4) is 0 Å². The molecular formula is C12H19NO2S. The number of carbonyl (C=O) groups is 1. The predicted molar refractivity (Wildman–Crippen MR) is 66.6 cm³/mol. The van der Waals surface area contributed by atoms with Gasteiger partial charge >= 0.3 is 0 Å². The monoisotopic (exact) mass is 241 g/mol. The average Bonchev–Trinajstić information content (AvgIpc) is 2.76. The van der Waals surface area contributed by atoms with Gasteiger partial charge in [0.1, 0.15) is 0 Å². The molecule has 1 rings (SSSR count). The standard InChI is InChI=1S/C12H19NO2S/c1-13(6-3-2-4-7-14)12(15)9-11-5-8-16-10-11/h5,8,10,14H,2-4,6-7,9H2,1H3. The maximum atomic E-state index is 11.8. The van der Waals surface area contributed by atoms with Gasteiger partial charge in [-0.1, -0.05) is 0 Å². The molecule has 0 spiro atoms. The van der Waals surface area contributed by atoms with E-state index in [4.69, 9.17) is 5.11 Å². The smallest absolute Gasteiger partial charge is 0.226 e. The van der Waals surface area contributed by atoms with Crippen molar-refractivity contribution in [1.29, 1.82) is 0 Å². The minimum Gasteiger partial charge on any atom is -0.396 e. The van der Waals surface area contributed by atoms with Gasteiger partial charge in [-0.3, -0.25) is 4.79 Å². The van der Waals surface area contributed by atoms with Crippen molar-refractivity contribution in [2.75, 3.05) is 20.2 Å². The third kappa shape index (κ3) is 4.77. The Bertz CT molecular complexity index is 298. The molecule has 90 valence electrons. The number of amides is 1. The fourth-order valence-corrected chi connectivity index (χ4v) is 2.13. The van der Waals surface area contributed by atoms with Crippen LogP contribution < -0.4 is 0 Å². The molecule has 0 aliphatic rings. The van der Waals surface area contributed by atoms with Crippen LogP contribution in [0.25, 0.3) is 0 Å². The number of likely N-dealkylation sites (N-methyl/N-ethyl adjacent to an activating group) is 1. The number of carbonyl (C=O) groups excluding carboxylic acids is 1. The average molecular weight is 241 g/mol. The van der Waals surface area contributed by atoms with Gasteiger partial charge < -0.3 is 10.0 Å². The fourth-order valence-electron chi connectivity index (χ4n) is 1.47. The summed E-state index contributed by atoms with van der Waals surface area (Å²) in [5.74, 6) is 0.169. The normalized spacial score (nSPS) is 10.4. The first-order chi connectivity index (χ1) is 7.74. The van der Waals surface area contributed by atoms with Gasteiger partial charge in [-0.2, -0.15) is 11.3 Å². The lowest BCUT2D eigenvalue weighted by Gasteiger charge is -2.16. The van der Waals surface area contributed by atoms with E-state index in [9.17, 15) is 4.79 Å². The van der Waals surface area contributed by atoms with Crippen LogP contribution in [-0.4, -0.2) is 36.1 Å². The van der Waals surface area contributed by atoms with Crippen LogP contribution in [-0.2, 0) is 11.2 Å². The molecule has 4 heteroatoms. The maximum absolute atomic E-state index is 11.8. The lowest BCUT2D eigenvalue weighted by atomic mass is 10.2. The predicted octanol–water partition coefficient (Wildman–Crippen LogP) is 1.91. The molecule has 0 atom stereocenters.